The van der Waals surface area contributed by atoms with E-state index >= 15 is 0 Å². The molecule has 0 saturated heterocycles. The van der Waals surface area contributed by atoms with Crippen molar-refractivity contribution >= 4 is 6.29 Å². The van der Waals surface area contributed by atoms with Gasteiger partial charge in [0, 0.05) is 5.92 Å². The Labute approximate surface area is 141 Å². The summed E-state index contributed by atoms with van der Waals surface area (Å²) < 4.78 is 13.3. The zero-order chi connectivity index (χ0) is 17.0. The quantitative estimate of drug-likeness (QED) is 0.597. The van der Waals surface area contributed by atoms with E-state index in [9.17, 15) is 9.18 Å². The predicted molar refractivity (Wildman–Crippen MR) is 94.5 cm³/mol. The van der Waals surface area contributed by atoms with Gasteiger partial charge in [0.25, 0.3) is 0 Å². The molecule has 3 rings (SSSR count). The minimum absolute atomic E-state index is 0.150. The van der Waals surface area contributed by atoms with Gasteiger partial charge in [-0.15, -0.1) is 0 Å². The van der Waals surface area contributed by atoms with Gasteiger partial charge in [0.1, 0.15) is 12.1 Å². The van der Waals surface area contributed by atoms with Crippen molar-refractivity contribution < 1.29 is 9.18 Å². The molecule has 0 saturated carbocycles. The van der Waals surface area contributed by atoms with Gasteiger partial charge in [-0.05, 0) is 35.7 Å². The fourth-order valence-electron chi connectivity index (χ4n) is 3.29. The second-order valence-electron chi connectivity index (χ2n) is 6.16. The molecule has 24 heavy (non-hydrogen) atoms. The molecule has 1 nitrogen and oxygen atoms in total. The summed E-state index contributed by atoms with van der Waals surface area (Å²) in [5.41, 5.74) is 2.12. The molecule has 0 heterocycles. The van der Waals surface area contributed by atoms with Crippen LogP contribution in [0.3, 0.4) is 0 Å². The smallest absolute Gasteiger partial charge is 0.131 e. The Morgan fingerprint density at radius 3 is 1.67 bits per heavy atom. The molecule has 0 radical (unpaired) electrons. The summed E-state index contributed by atoms with van der Waals surface area (Å²) in [6, 6.07) is 26.1. The van der Waals surface area contributed by atoms with Crippen LogP contribution in [0.1, 0.15) is 29.5 Å². The van der Waals surface area contributed by atoms with Gasteiger partial charge in [-0.1, -0.05) is 72.8 Å². The molecule has 1 atom stereocenters. The number of hydrogen-bond acceptors (Lipinski definition) is 1. The fraction of sp³-hybridized carbons (Fsp3) is 0.136. The molecule has 0 bridgehead atoms. The molecular weight excluding hydrogens is 299 g/mol. The highest BCUT2D eigenvalue weighted by Gasteiger charge is 2.38. The highest BCUT2D eigenvalue weighted by molar-refractivity contribution is 5.72. The van der Waals surface area contributed by atoms with Crippen LogP contribution in [0.5, 0.6) is 0 Å². The summed E-state index contributed by atoms with van der Waals surface area (Å²) in [5.74, 6) is -0.453. The van der Waals surface area contributed by atoms with Gasteiger partial charge in [0.05, 0.1) is 5.41 Å². The Morgan fingerprint density at radius 2 is 1.25 bits per heavy atom. The number of halogens is 1. The Kier molecular flexibility index (Phi) is 4.57. The van der Waals surface area contributed by atoms with Crippen LogP contribution in [-0.4, -0.2) is 6.29 Å². The number of carbonyl (C=O) groups excluding carboxylic acids is 1. The summed E-state index contributed by atoms with van der Waals surface area (Å²) in [6.07, 6.45) is 0.977. The first-order valence-corrected chi connectivity index (χ1v) is 7.97. The summed E-state index contributed by atoms with van der Waals surface area (Å²) in [7, 11) is 0. The van der Waals surface area contributed by atoms with Gasteiger partial charge in [0.15, 0.2) is 0 Å². The lowest BCUT2D eigenvalue weighted by Crippen LogP contribution is -2.33. The number of rotatable bonds is 5. The number of benzene rings is 3. The first kappa shape index (κ1) is 16.1. The standard InChI is InChI=1S/C22H19FO/c1-22(16-24,19-12-14-20(23)15-13-19)21(17-8-4-2-5-9-17)18-10-6-3-7-11-18/h2-16,21H,1H3/t22-/m1/s1. The molecule has 0 aliphatic heterocycles. The highest BCUT2D eigenvalue weighted by atomic mass is 19.1. The van der Waals surface area contributed by atoms with Crippen LogP contribution in [0.4, 0.5) is 4.39 Å². The van der Waals surface area contributed by atoms with E-state index in [0.29, 0.717) is 0 Å². The molecule has 3 aromatic rings. The second-order valence-corrected chi connectivity index (χ2v) is 6.16. The van der Waals surface area contributed by atoms with E-state index < -0.39 is 5.41 Å². The van der Waals surface area contributed by atoms with Crippen LogP contribution in [0.2, 0.25) is 0 Å². The monoisotopic (exact) mass is 318 g/mol. The largest absolute Gasteiger partial charge is 0.302 e. The molecule has 0 amide bonds. The minimum Gasteiger partial charge on any atom is -0.302 e. The zero-order valence-corrected chi connectivity index (χ0v) is 13.5. The van der Waals surface area contributed by atoms with Crippen LogP contribution in [0.25, 0.3) is 0 Å². The molecule has 3 aromatic carbocycles. The van der Waals surface area contributed by atoms with Crippen molar-refractivity contribution in [3.8, 4) is 0 Å². The van der Waals surface area contributed by atoms with Crippen LogP contribution < -0.4 is 0 Å². The van der Waals surface area contributed by atoms with Gasteiger partial charge in [-0.25, -0.2) is 4.39 Å². The Bertz CT molecular complexity index is 757. The second kappa shape index (κ2) is 6.79. The lowest BCUT2D eigenvalue weighted by atomic mass is 9.67. The third-order valence-electron chi connectivity index (χ3n) is 4.58. The van der Waals surface area contributed by atoms with E-state index in [-0.39, 0.29) is 11.7 Å². The van der Waals surface area contributed by atoms with E-state index in [1.807, 2.05) is 67.6 Å². The summed E-state index contributed by atoms with van der Waals surface area (Å²) >= 11 is 0. The number of aldehydes is 1. The van der Waals surface area contributed by atoms with Crippen molar-refractivity contribution in [2.45, 2.75) is 18.3 Å². The third-order valence-corrected chi connectivity index (χ3v) is 4.58. The molecule has 0 aromatic heterocycles. The van der Waals surface area contributed by atoms with Gasteiger partial charge in [-0.2, -0.15) is 0 Å². The first-order valence-electron chi connectivity index (χ1n) is 7.97. The summed E-state index contributed by atoms with van der Waals surface area (Å²) in [6.45, 7) is 1.91. The maximum atomic E-state index is 13.3. The third kappa shape index (κ3) is 3.00. The molecule has 0 spiro atoms. The van der Waals surface area contributed by atoms with E-state index in [4.69, 9.17) is 0 Å². The van der Waals surface area contributed by atoms with E-state index in [0.717, 1.165) is 23.0 Å². The van der Waals surface area contributed by atoms with Gasteiger partial charge < -0.3 is 4.79 Å². The maximum absolute atomic E-state index is 13.3. The van der Waals surface area contributed by atoms with E-state index in [2.05, 4.69) is 0 Å². The SMILES string of the molecule is C[C@@](C=O)(c1ccc(F)cc1)C(c1ccccc1)c1ccccc1. The van der Waals surface area contributed by atoms with Gasteiger partial charge in [0.2, 0.25) is 0 Å². The van der Waals surface area contributed by atoms with Crippen LogP contribution >= 0.6 is 0 Å². The average Bonchev–Trinajstić information content (AvgIpc) is 2.64. The average molecular weight is 318 g/mol. The van der Waals surface area contributed by atoms with Crippen LogP contribution in [0.15, 0.2) is 84.9 Å². The van der Waals surface area contributed by atoms with Gasteiger partial charge in [-0.3, -0.25) is 0 Å². The summed E-state index contributed by atoms with van der Waals surface area (Å²) in [5, 5.41) is 0. The van der Waals surface area contributed by atoms with Crippen molar-refractivity contribution in [1.82, 2.24) is 0 Å². The molecule has 0 unspecified atom stereocenters. The number of carbonyl (C=O) groups is 1. The van der Waals surface area contributed by atoms with Gasteiger partial charge >= 0.3 is 0 Å². The fourth-order valence-corrected chi connectivity index (χ4v) is 3.29. The maximum Gasteiger partial charge on any atom is 0.131 e. The number of hydrogen-bond donors (Lipinski definition) is 0. The molecule has 0 aliphatic carbocycles. The molecule has 2 heteroatoms. The Hall–Kier alpha value is -2.74. The Morgan fingerprint density at radius 1 is 0.792 bits per heavy atom. The van der Waals surface area contributed by atoms with E-state index in [1.54, 1.807) is 12.1 Å². The molecule has 0 N–H and O–H groups in total. The lowest BCUT2D eigenvalue weighted by molar-refractivity contribution is -0.112. The summed E-state index contributed by atoms with van der Waals surface area (Å²) in [4.78, 5) is 12.2. The zero-order valence-electron chi connectivity index (χ0n) is 13.5. The van der Waals surface area contributed by atoms with Crippen molar-refractivity contribution in [3.63, 3.8) is 0 Å². The lowest BCUT2D eigenvalue weighted by Gasteiger charge is -2.34. The first-order chi connectivity index (χ1) is 11.6. The van der Waals surface area contributed by atoms with Crippen LogP contribution in [-0.2, 0) is 10.2 Å². The van der Waals surface area contributed by atoms with Crippen LogP contribution in [0, 0.1) is 5.82 Å². The molecule has 120 valence electrons. The highest BCUT2D eigenvalue weighted by Crippen LogP contribution is 2.42. The van der Waals surface area contributed by atoms with Crippen molar-refractivity contribution in [1.29, 1.82) is 0 Å². The van der Waals surface area contributed by atoms with Crippen molar-refractivity contribution in [2.24, 2.45) is 0 Å². The normalized spacial score (nSPS) is 13.5. The molecule has 0 aliphatic rings. The Balaban J connectivity index is 2.19. The molecule has 0 fully saturated rings. The van der Waals surface area contributed by atoms with Crippen molar-refractivity contribution in [3.05, 3.63) is 107 Å². The topological polar surface area (TPSA) is 17.1 Å². The van der Waals surface area contributed by atoms with E-state index in [1.165, 1.54) is 12.1 Å². The van der Waals surface area contributed by atoms with Crippen molar-refractivity contribution in [2.75, 3.05) is 0 Å². The molecular formula is C22H19FO. The minimum atomic E-state index is -0.795. The predicted octanol–water partition coefficient (Wildman–Crippen LogP) is 5.11.